The summed E-state index contributed by atoms with van der Waals surface area (Å²) in [5.41, 5.74) is 0.477. The number of carbonyl (C=O) groups excluding carboxylic acids is 1. The van der Waals surface area contributed by atoms with E-state index in [-0.39, 0.29) is 13.0 Å². The molecule has 7 nitrogen and oxygen atoms in total. The Hall–Kier alpha value is -1.54. The van der Waals surface area contributed by atoms with Gasteiger partial charge in [0.2, 0.25) is 0 Å². The van der Waals surface area contributed by atoms with Crippen LogP contribution in [0.25, 0.3) is 0 Å². The molecule has 2 atom stereocenters. The van der Waals surface area contributed by atoms with Gasteiger partial charge in [0.1, 0.15) is 10.9 Å². The molecule has 1 aromatic heterocycles. The van der Waals surface area contributed by atoms with E-state index in [0.29, 0.717) is 10.6 Å². The minimum absolute atomic E-state index is 0.0349. The van der Waals surface area contributed by atoms with E-state index in [0.717, 1.165) is 16.4 Å². The maximum atomic E-state index is 12.1. The molecule has 1 saturated heterocycles. The highest BCUT2D eigenvalue weighted by molar-refractivity contribution is 7.07. The van der Waals surface area contributed by atoms with E-state index in [1.807, 2.05) is 0 Å². The molecule has 0 aromatic carbocycles. The highest BCUT2D eigenvalue weighted by Crippen LogP contribution is 2.22. The van der Waals surface area contributed by atoms with Crippen molar-refractivity contribution in [1.82, 2.24) is 14.5 Å². The molecule has 0 unspecified atom stereocenters. The lowest BCUT2D eigenvalue weighted by Gasteiger charge is -2.20. The van der Waals surface area contributed by atoms with E-state index in [1.54, 1.807) is 6.92 Å². The van der Waals surface area contributed by atoms with Crippen LogP contribution in [0.4, 0.5) is 0 Å². The number of carbonyl (C=O) groups is 2. The highest BCUT2D eigenvalue weighted by atomic mass is 32.1. The van der Waals surface area contributed by atoms with Gasteiger partial charge < -0.3 is 15.1 Å². The second-order valence-electron chi connectivity index (χ2n) is 3.89. The number of hydrogen-bond acceptors (Lipinski definition) is 6. The molecule has 0 radical (unpaired) electrons. The summed E-state index contributed by atoms with van der Waals surface area (Å²) in [5, 5.41) is 22.1. The summed E-state index contributed by atoms with van der Waals surface area (Å²) in [6.07, 6.45) is -0.729. The van der Waals surface area contributed by atoms with Crippen molar-refractivity contribution in [2.75, 3.05) is 6.54 Å². The van der Waals surface area contributed by atoms with Crippen molar-refractivity contribution in [3.05, 3.63) is 10.6 Å². The van der Waals surface area contributed by atoms with Gasteiger partial charge in [0.15, 0.2) is 0 Å². The second-order valence-corrected chi connectivity index (χ2v) is 4.64. The first kappa shape index (κ1) is 11.9. The molecule has 0 aliphatic carbocycles. The Kier molecular flexibility index (Phi) is 3.07. The van der Waals surface area contributed by atoms with Crippen LogP contribution in [0.15, 0.2) is 0 Å². The van der Waals surface area contributed by atoms with Crippen LogP contribution in [0.1, 0.15) is 21.8 Å². The van der Waals surface area contributed by atoms with Crippen LogP contribution in [0.5, 0.6) is 0 Å². The number of β-amino-alcohol motifs (C(OH)–C–C–N with tert-alkyl or cyclic N) is 1. The number of amides is 1. The number of carboxylic acid groups (broad SMARTS) is 1. The van der Waals surface area contributed by atoms with Gasteiger partial charge >= 0.3 is 5.97 Å². The van der Waals surface area contributed by atoms with E-state index in [4.69, 9.17) is 5.11 Å². The summed E-state index contributed by atoms with van der Waals surface area (Å²) < 4.78 is 3.64. The van der Waals surface area contributed by atoms with Crippen molar-refractivity contribution in [3.8, 4) is 0 Å². The zero-order valence-electron chi connectivity index (χ0n) is 9.03. The van der Waals surface area contributed by atoms with Gasteiger partial charge in [-0.25, -0.2) is 4.79 Å². The quantitative estimate of drug-likeness (QED) is 0.740. The number of rotatable bonds is 2. The molecular weight excluding hydrogens is 246 g/mol. The maximum absolute atomic E-state index is 12.1. The van der Waals surface area contributed by atoms with Crippen LogP contribution in [-0.4, -0.2) is 55.3 Å². The molecule has 2 N–H and O–H groups in total. The Morgan fingerprint density at radius 2 is 2.24 bits per heavy atom. The number of aliphatic hydroxyl groups excluding tert-OH is 1. The number of hydrogen-bond donors (Lipinski definition) is 2. The smallest absolute Gasteiger partial charge is 0.326 e. The standard InChI is InChI=1S/C9H11N3O4S/c1-4-7(17-11-10-4)8(14)12-3-5(13)2-6(12)9(15)16/h5-6,13H,2-3H2,1H3,(H,15,16)/t5-,6+/m1/s1. The molecule has 1 aliphatic heterocycles. The van der Waals surface area contributed by atoms with Crippen molar-refractivity contribution in [3.63, 3.8) is 0 Å². The number of aliphatic carboxylic acids is 1. The molecule has 0 spiro atoms. The molecule has 17 heavy (non-hydrogen) atoms. The average Bonchev–Trinajstić information content (AvgIpc) is 2.83. The Morgan fingerprint density at radius 3 is 2.76 bits per heavy atom. The van der Waals surface area contributed by atoms with Gasteiger partial charge in [-0.2, -0.15) is 0 Å². The molecular formula is C9H11N3O4S. The molecule has 92 valence electrons. The monoisotopic (exact) mass is 257 g/mol. The highest BCUT2D eigenvalue weighted by Gasteiger charge is 2.40. The van der Waals surface area contributed by atoms with Crippen LogP contribution >= 0.6 is 11.5 Å². The minimum atomic E-state index is -1.11. The molecule has 0 saturated carbocycles. The predicted molar refractivity (Wildman–Crippen MR) is 57.7 cm³/mol. The maximum Gasteiger partial charge on any atom is 0.326 e. The molecule has 2 rings (SSSR count). The van der Waals surface area contributed by atoms with Crippen LogP contribution in [0.3, 0.4) is 0 Å². The fourth-order valence-corrected chi connectivity index (χ4v) is 2.44. The first-order chi connectivity index (χ1) is 8.00. The predicted octanol–water partition coefficient (Wildman–Crippen LogP) is -0.493. The fourth-order valence-electron chi connectivity index (χ4n) is 1.83. The molecule has 1 aliphatic rings. The molecule has 0 bridgehead atoms. The number of aliphatic hydroxyl groups is 1. The number of aromatic nitrogens is 2. The number of nitrogens with zero attached hydrogens (tertiary/aromatic N) is 3. The number of likely N-dealkylation sites (tertiary alicyclic amines) is 1. The lowest BCUT2D eigenvalue weighted by Crippen LogP contribution is -2.40. The van der Waals surface area contributed by atoms with Gasteiger partial charge in [-0.15, -0.1) is 5.10 Å². The largest absolute Gasteiger partial charge is 0.480 e. The Bertz CT molecular complexity index is 461. The summed E-state index contributed by atoms with van der Waals surface area (Å²) in [6.45, 7) is 1.67. The third-order valence-corrected chi connectivity index (χ3v) is 3.49. The Labute approximate surface area is 101 Å². The van der Waals surface area contributed by atoms with Crippen LogP contribution in [0.2, 0.25) is 0 Å². The van der Waals surface area contributed by atoms with Crippen LogP contribution in [0, 0.1) is 6.92 Å². The molecule has 2 heterocycles. The molecule has 1 aromatic rings. The minimum Gasteiger partial charge on any atom is -0.480 e. The third kappa shape index (κ3) is 2.13. The number of carboxylic acids is 1. The van der Waals surface area contributed by atoms with Crippen LogP contribution < -0.4 is 0 Å². The molecule has 8 heteroatoms. The van der Waals surface area contributed by atoms with Crippen molar-refractivity contribution in [1.29, 1.82) is 0 Å². The molecule has 1 amide bonds. The van der Waals surface area contributed by atoms with Gasteiger partial charge in [0, 0.05) is 13.0 Å². The van der Waals surface area contributed by atoms with Gasteiger partial charge in [0.05, 0.1) is 11.8 Å². The summed E-state index contributed by atoms with van der Waals surface area (Å²) in [5.74, 6) is -1.54. The third-order valence-electron chi connectivity index (χ3n) is 2.67. The van der Waals surface area contributed by atoms with Crippen molar-refractivity contribution >= 4 is 23.4 Å². The zero-order valence-corrected chi connectivity index (χ0v) is 9.85. The van der Waals surface area contributed by atoms with E-state index < -0.39 is 24.0 Å². The summed E-state index contributed by atoms with van der Waals surface area (Å²) >= 11 is 0.933. The second kappa shape index (κ2) is 4.38. The van der Waals surface area contributed by atoms with Crippen LogP contribution in [-0.2, 0) is 4.79 Å². The van der Waals surface area contributed by atoms with E-state index in [9.17, 15) is 14.7 Å². The summed E-state index contributed by atoms with van der Waals surface area (Å²) in [7, 11) is 0. The zero-order chi connectivity index (χ0) is 12.6. The fraction of sp³-hybridized carbons (Fsp3) is 0.556. The topological polar surface area (TPSA) is 104 Å². The Balaban J connectivity index is 2.25. The summed E-state index contributed by atoms with van der Waals surface area (Å²) in [6, 6.07) is -0.973. The van der Waals surface area contributed by atoms with Gasteiger partial charge in [-0.05, 0) is 18.5 Å². The van der Waals surface area contributed by atoms with E-state index >= 15 is 0 Å². The first-order valence-corrected chi connectivity index (χ1v) is 5.79. The Morgan fingerprint density at radius 1 is 1.53 bits per heavy atom. The van der Waals surface area contributed by atoms with Gasteiger partial charge in [-0.3, -0.25) is 4.79 Å². The lowest BCUT2D eigenvalue weighted by atomic mass is 10.2. The SMILES string of the molecule is Cc1nnsc1C(=O)N1C[C@H](O)C[C@H]1C(=O)O. The van der Waals surface area contributed by atoms with Gasteiger partial charge in [0.25, 0.3) is 5.91 Å². The van der Waals surface area contributed by atoms with E-state index in [2.05, 4.69) is 9.59 Å². The van der Waals surface area contributed by atoms with Crippen molar-refractivity contribution in [2.24, 2.45) is 0 Å². The van der Waals surface area contributed by atoms with Crippen molar-refractivity contribution in [2.45, 2.75) is 25.5 Å². The lowest BCUT2D eigenvalue weighted by molar-refractivity contribution is -0.141. The molecule has 1 fully saturated rings. The van der Waals surface area contributed by atoms with Crippen molar-refractivity contribution < 1.29 is 19.8 Å². The average molecular weight is 257 g/mol. The van der Waals surface area contributed by atoms with E-state index in [1.165, 1.54) is 0 Å². The summed E-state index contributed by atoms with van der Waals surface area (Å²) in [4.78, 5) is 24.5. The first-order valence-electron chi connectivity index (χ1n) is 5.01. The normalized spacial score (nSPS) is 24.0. The number of aryl methyl sites for hydroxylation is 1. The van der Waals surface area contributed by atoms with Gasteiger partial charge in [-0.1, -0.05) is 4.49 Å².